The standard InChI is InChI=1S/C14H21FN2O/c1-9(14(2,3)4)12(13(16)18)17-11-7-5-6-10(15)8-11/h5-9,12,17H,1-4H3,(H2,16,18). The molecule has 0 aliphatic heterocycles. The van der Waals surface area contributed by atoms with Crippen molar-refractivity contribution in [3.05, 3.63) is 30.1 Å². The molecule has 18 heavy (non-hydrogen) atoms. The molecule has 2 unspecified atom stereocenters. The van der Waals surface area contributed by atoms with Gasteiger partial charge in [0.25, 0.3) is 0 Å². The fourth-order valence-corrected chi connectivity index (χ4v) is 1.70. The van der Waals surface area contributed by atoms with Crippen LogP contribution in [0.4, 0.5) is 10.1 Å². The van der Waals surface area contributed by atoms with Crippen LogP contribution in [0.15, 0.2) is 24.3 Å². The third kappa shape index (κ3) is 3.72. The topological polar surface area (TPSA) is 55.1 Å². The predicted octanol–water partition coefficient (Wildman–Crippen LogP) is 2.77. The van der Waals surface area contributed by atoms with Gasteiger partial charge in [0.2, 0.25) is 5.91 Å². The Morgan fingerprint density at radius 3 is 2.44 bits per heavy atom. The van der Waals surface area contributed by atoms with Crippen LogP contribution in [0.3, 0.4) is 0 Å². The van der Waals surface area contributed by atoms with Crippen LogP contribution in [0.1, 0.15) is 27.7 Å². The molecule has 0 aliphatic carbocycles. The molecule has 0 radical (unpaired) electrons. The maximum absolute atomic E-state index is 13.1. The van der Waals surface area contributed by atoms with Gasteiger partial charge in [0.05, 0.1) is 0 Å². The maximum atomic E-state index is 13.1. The van der Waals surface area contributed by atoms with Gasteiger partial charge in [-0.25, -0.2) is 4.39 Å². The first-order valence-corrected chi connectivity index (χ1v) is 6.03. The highest BCUT2D eigenvalue weighted by Gasteiger charge is 2.31. The number of anilines is 1. The van der Waals surface area contributed by atoms with Gasteiger partial charge in [-0.05, 0) is 29.5 Å². The Labute approximate surface area is 108 Å². The van der Waals surface area contributed by atoms with Crippen LogP contribution < -0.4 is 11.1 Å². The Hall–Kier alpha value is -1.58. The van der Waals surface area contributed by atoms with Gasteiger partial charge in [-0.1, -0.05) is 33.8 Å². The lowest BCUT2D eigenvalue weighted by molar-refractivity contribution is -0.120. The number of carbonyl (C=O) groups is 1. The van der Waals surface area contributed by atoms with Crippen molar-refractivity contribution in [2.75, 3.05) is 5.32 Å². The Kier molecular flexibility index (Phi) is 4.33. The van der Waals surface area contributed by atoms with Crippen LogP contribution in [0.2, 0.25) is 0 Å². The van der Waals surface area contributed by atoms with E-state index in [-0.39, 0.29) is 17.2 Å². The lowest BCUT2D eigenvalue weighted by Gasteiger charge is -2.33. The highest BCUT2D eigenvalue weighted by molar-refractivity contribution is 5.83. The summed E-state index contributed by atoms with van der Waals surface area (Å²) in [6.45, 7) is 8.09. The van der Waals surface area contributed by atoms with Gasteiger partial charge in [-0.15, -0.1) is 0 Å². The van der Waals surface area contributed by atoms with Crippen molar-refractivity contribution in [3.8, 4) is 0 Å². The van der Waals surface area contributed by atoms with E-state index >= 15 is 0 Å². The van der Waals surface area contributed by atoms with Crippen molar-refractivity contribution < 1.29 is 9.18 Å². The molecule has 0 spiro atoms. The van der Waals surface area contributed by atoms with Crippen molar-refractivity contribution >= 4 is 11.6 Å². The molecular weight excluding hydrogens is 231 g/mol. The molecule has 0 fully saturated rings. The molecule has 0 heterocycles. The van der Waals surface area contributed by atoms with Gasteiger partial charge in [0.15, 0.2) is 0 Å². The Morgan fingerprint density at radius 2 is 2.00 bits per heavy atom. The fourth-order valence-electron chi connectivity index (χ4n) is 1.70. The van der Waals surface area contributed by atoms with Gasteiger partial charge in [-0.2, -0.15) is 0 Å². The van der Waals surface area contributed by atoms with E-state index in [0.717, 1.165) is 0 Å². The highest BCUT2D eigenvalue weighted by Crippen LogP contribution is 2.29. The average molecular weight is 252 g/mol. The lowest BCUT2D eigenvalue weighted by atomic mass is 9.77. The molecule has 1 rings (SSSR count). The summed E-state index contributed by atoms with van der Waals surface area (Å²) >= 11 is 0. The molecule has 1 aromatic carbocycles. The average Bonchev–Trinajstić information content (AvgIpc) is 2.23. The molecule has 1 aromatic rings. The molecule has 1 amide bonds. The van der Waals surface area contributed by atoms with Gasteiger partial charge in [0, 0.05) is 5.69 Å². The molecular formula is C14H21FN2O. The van der Waals surface area contributed by atoms with E-state index in [1.165, 1.54) is 12.1 Å². The molecule has 3 nitrogen and oxygen atoms in total. The Morgan fingerprint density at radius 1 is 1.39 bits per heavy atom. The monoisotopic (exact) mass is 252 g/mol. The number of nitrogens with two attached hydrogens (primary N) is 1. The second kappa shape index (κ2) is 5.38. The lowest BCUT2D eigenvalue weighted by Crippen LogP contribution is -2.45. The molecule has 3 N–H and O–H groups in total. The van der Waals surface area contributed by atoms with Crippen LogP contribution in [0, 0.1) is 17.2 Å². The van der Waals surface area contributed by atoms with Crippen LogP contribution in [0.25, 0.3) is 0 Å². The maximum Gasteiger partial charge on any atom is 0.240 e. The summed E-state index contributed by atoms with van der Waals surface area (Å²) in [6.07, 6.45) is 0. The minimum Gasteiger partial charge on any atom is -0.373 e. The number of halogens is 1. The number of amides is 1. The van der Waals surface area contributed by atoms with E-state index in [9.17, 15) is 9.18 Å². The minimum absolute atomic E-state index is 0.0262. The number of primary amides is 1. The Bertz CT molecular complexity index is 426. The summed E-state index contributed by atoms with van der Waals surface area (Å²) in [5.74, 6) is -0.744. The van der Waals surface area contributed by atoms with E-state index in [0.29, 0.717) is 5.69 Å². The second-order valence-corrected chi connectivity index (χ2v) is 5.69. The Balaban J connectivity index is 2.91. The van der Waals surface area contributed by atoms with Crippen molar-refractivity contribution in [1.29, 1.82) is 0 Å². The molecule has 0 aliphatic rings. The van der Waals surface area contributed by atoms with Gasteiger partial charge < -0.3 is 11.1 Å². The molecule has 2 atom stereocenters. The SMILES string of the molecule is CC(C(Nc1cccc(F)c1)C(N)=O)C(C)(C)C. The smallest absolute Gasteiger partial charge is 0.240 e. The quantitative estimate of drug-likeness (QED) is 0.865. The van der Waals surface area contributed by atoms with E-state index in [2.05, 4.69) is 5.32 Å². The van der Waals surface area contributed by atoms with Crippen molar-refractivity contribution in [3.63, 3.8) is 0 Å². The first-order valence-electron chi connectivity index (χ1n) is 6.03. The molecule has 0 bridgehead atoms. The normalized spacial score (nSPS) is 14.9. The number of carbonyl (C=O) groups excluding carboxylic acids is 1. The largest absolute Gasteiger partial charge is 0.373 e. The molecule has 100 valence electrons. The zero-order chi connectivity index (χ0) is 13.9. The van der Waals surface area contributed by atoms with E-state index in [4.69, 9.17) is 5.73 Å². The zero-order valence-corrected chi connectivity index (χ0v) is 11.3. The van der Waals surface area contributed by atoms with Crippen molar-refractivity contribution in [1.82, 2.24) is 0 Å². The summed E-state index contributed by atoms with van der Waals surface area (Å²) in [5, 5.41) is 3.01. The molecule has 4 heteroatoms. The highest BCUT2D eigenvalue weighted by atomic mass is 19.1. The van der Waals surface area contributed by atoms with Crippen LogP contribution in [-0.4, -0.2) is 11.9 Å². The molecule has 0 saturated carbocycles. The van der Waals surface area contributed by atoms with E-state index < -0.39 is 11.9 Å². The second-order valence-electron chi connectivity index (χ2n) is 5.69. The number of rotatable bonds is 4. The molecule has 0 aromatic heterocycles. The first-order chi connectivity index (χ1) is 8.21. The number of hydrogen-bond acceptors (Lipinski definition) is 2. The summed E-state index contributed by atoms with van der Waals surface area (Å²) < 4.78 is 13.1. The number of nitrogens with one attached hydrogen (secondary N) is 1. The fraction of sp³-hybridized carbons (Fsp3) is 0.500. The van der Waals surface area contributed by atoms with E-state index in [1.807, 2.05) is 27.7 Å². The summed E-state index contributed by atoms with van der Waals surface area (Å²) in [6, 6.07) is 5.50. The summed E-state index contributed by atoms with van der Waals surface area (Å²) in [4.78, 5) is 11.5. The van der Waals surface area contributed by atoms with Crippen LogP contribution in [-0.2, 0) is 4.79 Å². The third-order valence-corrected chi connectivity index (χ3v) is 3.32. The first kappa shape index (κ1) is 14.5. The van der Waals surface area contributed by atoms with Gasteiger partial charge in [0.1, 0.15) is 11.9 Å². The predicted molar refractivity (Wildman–Crippen MR) is 71.6 cm³/mol. The summed E-state index contributed by atoms with van der Waals surface area (Å²) in [7, 11) is 0. The third-order valence-electron chi connectivity index (χ3n) is 3.32. The van der Waals surface area contributed by atoms with Crippen molar-refractivity contribution in [2.45, 2.75) is 33.7 Å². The minimum atomic E-state index is -0.521. The zero-order valence-electron chi connectivity index (χ0n) is 11.3. The van der Waals surface area contributed by atoms with E-state index in [1.54, 1.807) is 12.1 Å². The van der Waals surface area contributed by atoms with Crippen LogP contribution in [0.5, 0.6) is 0 Å². The van der Waals surface area contributed by atoms with Crippen LogP contribution >= 0.6 is 0 Å². The van der Waals surface area contributed by atoms with Crippen molar-refractivity contribution in [2.24, 2.45) is 17.1 Å². The number of hydrogen-bond donors (Lipinski definition) is 2. The van der Waals surface area contributed by atoms with Gasteiger partial charge in [-0.3, -0.25) is 4.79 Å². The molecule has 0 saturated heterocycles. The van der Waals surface area contributed by atoms with Gasteiger partial charge >= 0.3 is 0 Å². The number of benzene rings is 1. The summed E-state index contributed by atoms with van der Waals surface area (Å²) in [5.41, 5.74) is 5.92.